The van der Waals surface area contributed by atoms with E-state index in [1.807, 2.05) is 90.7 Å². The number of rotatable bonds is 67. The molecule has 0 saturated carbocycles. The second-order valence-electron chi connectivity index (χ2n) is 32.7. The summed E-state index contributed by atoms with van der Waals surface area (Å²) in [5, 5.41) is 4.75. The zero-order chi connectivity index (χ0) is 74.4. The first-order valence-corrected chi connectivity index (χ1v) is 51.8. The number of aryl methyl sites for hydroxylation is 4. The summed E-state index contributed by atoms with van der Waals surface area (Å²) < 4.78 is 0. The molecule has 0 amide bonds. The van der Waals surface area contributed by atoms with E-state index in [0.717, 1.165) is 44.5 Å². The van der Waals surface area contributed by atoms with Crippen LogP contribution in [0.4, 0.5) is 0 Å². The molecule has 0 fully saturated rings. The van der Waals surface area contributed by atoms with Crippen molar-refractivity contribution < 1.29 is 0 Å². The van der Waals surface area contributed by atoms with Crippen molar-refractivity contribution in [1.82, 2.24) is 19.9 Å². The van der Waals surface area contributed by atoms with Gasteiger partial charge in [-0.05, 0) is 111 Å². The minimum Gasteiger partial charge on any atom is -0.222 e. The molecule has 4 nitrogen and oxygen atoms in total. The summed E-state index contributed by atoms with van der Waals surface area (Å²) in [6, 6.07) is 10.3. The molecule has 0 spiro atoms. The number of hydrogen-bond acceptors (Lipinski definition) is 12. The quantitative estimate of drug-likeness (QED) is 0.0357. The van der Waals surface area contributed by atoms with E-state index in [0.29, 0.717) is 5.92 Å². The highest BCUT2D eigenvalue weighted by Crippen LogP contribution is 2.50. The first kappa shape index (κ1) is 89.4. The van der Waals surface area contributed by atoms with Crippen LogP contribution in [0.25, 0.3) is 68.6 Å². The van der Waals surface area contributed by atoms with Crippen LogP contribution in [0.5, 0.6) is 0 Å². The van der Waals surface area contributed by atoms with Crippen LogP contribution >= 0.6 is 90.7 Å². The van der Waals surface area contributed by atoms with Crippen molar-refractivity contribution in [3.63, 3.8) is 0 Å². The average Bonchev–Trinajstić information content (AvgIpc) is 1.61. The van der Waals surface area contributed by atoms with Gasteiger partial charge in [0, 0.05) is 19.5 Å². The summed E-state index contributed by atoms with van der Waals surface area (Å²) in [7, 11) is 0. The molecule has 2 unspecified atom stereocenters. The Kier molecular flexibility index (Phi) is 46.0. The maximum Gasteiger partial charge on any atom is 0.155 e. The molecule has 0 saturated heterocycles. The van der Waals surface area contributed by atoms with Gasteiger partial charge in [0.2, 0.25) is 0 Å². The Bertz CT molecular complexity index is 3440. The molecule has 0 aliphatic heterocycles. The molecule has 0 radical (unpaired) electrons. The Morgan fingerprint density at radius 1 is 0.226 bits per heavy atom. The SMILES string of the molecule is CCCCCCCCCCCCCCc1cc(C)sc1-c1nc2sc(-c3sc(-c4cc(CC(CCCCCCCC)CCCCCCCCCC)c(-c5nc6sc(-c7sc(C)cc7CC(CCCCCCCC)CCCCCCCCCC)nc6s5)s4)cc3CCCCCCCCCCCCCC)nc2s1. The zero-order valence-corrected chi connectivity index (χ0v) is 75.5. The maximum atomic E-state index is 5.72. The van der Waals surface area contributed by atoms with Crippen LogP contribution < -0.4 is 0 Å². The van der Waals surface area contributed by atoms with Gasteiger partial charge < -0.3 is 0 Å². The largest absolute Gasteiger partial charge is 0.222 e. The molecule has 0 aliphatic rings. The van der Waals surface area contributed by atoms with E-state index in [9.17, 15) is 0 Å². The minimum atomic E-state index is 0.684. The summed E-state index contributed by atoms with van der Waals surface area (Å²) in [5.41, 5.74) is 6.08. The normalized spacial score (nSPS) is 12.6. The summed E-state index contributed by atoms with van der Waals surface area (Å²) in [4.78, 5) is 38.2. The third-order valence-corrected chi connectivity index (χ3v) is 32.3. The first-order chi connectivity index (χ1) is 52.2. The van der Waals surface area contributed by atoms with Crippen molar-refractivity contribution in [1.29, 1.82) is 0 Å². The smallest absolute Gasteiger partial charge is 0.155 e. The Morgan fingerprint density at radius 3 is 0.726 bits per heavy atom. The Hall–Kier alpha value is -2.16. The van der Waals surface area contributed by atoms with Gasteiger partial charge in [0.1, 0.15) is 20.0 Å². The fraction of sp³-hybridized carbons (Fsp3) is 0.745. The van der Waals surface area contributed by atoms with E-state index < -0.39 is 0 Å². The van der Waals surface area contributed by atoms with Crippen LogP contribution in [-0.2, 0) is 25.7 Å². The van der Waals surface area contributed by atoms with Crippen molar-refractivity contribution in [3.8, 4) is 49.3 Å². The lowest BCUT2D eigenvalue weighted by Gasteiger charge is -2.17. The molecule has 0 bridgehead atoms. The van der Waals surface area contributed by atoms with Gasteiger partial charge in [0.15, 0.2) is 19.3 Å². The molecule has 0 aromatic carbocycles. The summed E-state index contributed by atoms with van der Waals surface area (Å²) in [6.07, 6.45) is 81.8. The van der Waals surface area contributed by atoms with Crippen molar-refractivity contribution in [3.05, 3.63) is 56.3 Å². The fourth-order valence-electron chi connectivity index (χ4n) is 16.5. The van der Waals surface area contributed by atoms with Crippen molar-refractivity contribution in [2.75, 3.05) is 0 Å². The van der Waals surface area contributed by atoms with Gasteiger partial charge in [-0.3, -0.25) is 0 Å². The van der Waals surface area contributed by atoms with E-state index in [-0.39, 0.29) is 0 Å². The van der Waals surface area contributed by atoms with Gasteiger partial charge in [-0.2, -0.15) is 0 Å². The summed E-state index contributed by atoms with van der Waals surface area (Å²) in [5.74, 6) is 1.43. The number of unbranched alkanes of at least 4 members (excludes halogenated alkanes) is 46. The summed E-state index contributed by atoms with van der Waals surface area (Å²) >= 11 is 15.5. The van der Waals surface area contributed by atoms with Crippen LogP contribution in [0.3, 0.4) is 0 Å². The van der Waals surface area contributed by atoms with Crippen LogP contribution in [0.1, 0.15) is 433 Å². The second kappa shape index (κ2) is 54.5. The van der Waals surface area contributed by atoms with Gasteiger partial charge in [-0.15, -0.1) is 45.3 Å². The Morgan fingerprint density at radius 2 is 0.434 bits per heavy atom. The predicted octanol–water partition coefficient (Wildman–Crippen LogP) is 36.4. The van der Waals surface area contributed by atoms with Gasteiger partial charge >= 0.3 is 0 Å². The van der Waals surface area contributed by atoms with Gasteiger partial charge in [0.05, 0.1) is 19.5 Å². The molecule has 8 aromatic heterocycles. The molecule has 2 atom stereocenters. The number of aromatic nitrogens is 4. The monoisotopic (exact) mass is 1590 g/mol. The number of fused-ring (bicyclic) bond motifs is 2. The third kappa shape index (κ3) is 32.7. The molecular formula is C94H150N4S8. The van der Waals surface area contributed by atoms with E-state index >= 15 is 0 Å². The van der Waals surface area contributed by atoms with Crippen LogP contribution in [0, 0.1) is 25.7 Å². The van der Waals surface area contributed by atoms with Gasteiger partial charge in [0.25, 0.3) is 0 Å². The Labute approximate surface area is 682 Å². The average molecular weight is 1590 g/mol. The van der Waals surface area contributed by atoms with Gasteiger partial charge in [-0.1, -0.05) is 434 Å². The molecule has 0 aliphatic carbocycles. The molecule has 594 valence electrons. The fourth-order valence-corrected chi connectivity index (χ4v) is 25.6. The first-order valence-electron chi connectivity index (χ1n) is 45.2. The lowest BCUT2D eigenvalue weighted by atomic mass is 9.88. The molecule has 8 aromatic rings. The van der Waals surface area contributed by atoms with Crippen LogP contribution in [-0.4, -0.2) is 19.9 Å². The molecule has 8 rings (SSSR count). The number of thiophene rings is 4. The van der Waals surface area contributed by atoms with E-state index in [1.165, 1.54) is 442 Å². The Balaban J connectivity index is 1.06. The highest BCUT2D eigenvalue weighted by Gasteiger charge is 2.27. The molecule has 0 N–H and O–H groups in total. The number of hydrogen-bond donors (Lipinski definition) is 0. The van der Waals surface area contributed by atoms with E-state index in [1.54, 1.807) is 5.56 Å². The van der Waals surface area contributed by atoms with Gasteiger partial charge in [-0.25, -0.2) is 19.9 Å². The summed E-state index contributed by atoms with van der Waals surface area (Å²) in [6.45, 7) is 18.7. The van der Waals surface area contributed by atoms with Crippen molar-refractivity contribution >= 4 is 110 Å². The van der Waals surface area contributed by atoms with E-state index in [4.69, 9.17) is 19.9 Å². The topological polar surface area (TPSA) is 51.6 Å². The second-order valence-corrected chi connectivity index (χ2v) is 41.2. The van der Waals surface area contributed by atoms with Crippen molar-refractivity contribution in [2.45, 2.75) is 441 Å². The molecular weight excluding hydrogens is 1440 g/mol. The zero-order valence-electron chi connectivity index (χ0n) is 68.9. The predicted molar refractivity (Wildman–Crippen MR) is 487 cm³/mol. The standard InChI is InChI=1S/C94H150N4S8/c1-9-15-21-27-33-37-39-41-43-47-53-59-65-77-67-73(7)99-83(77)87-95-91-92(103-87)96-88(104-91)84-78(66-60-54-48-44-42-40-38-34-28-22-16-10-2)71-81(101-84)82-72-80(70-76(63-56-50-32-26-20-14-6)64-58-52-46-36-30-24-18-12-4)86(102-82)90-98-94-93(106-90)97-89(105-94)85-79(68-74(8)100-85)69-75(61-55-49-31-25-19-13-5)62-57-51-45-35-29-23-17-11-3/h67-68,71-72,75-76H,9-66,69-70H2,1-8H3. The van der Waals surface area contributed by atoms with Crippen LogP contribution in [0.15, 0.2) is 24.3 Å². The molecule has 8 heterocycles. The lowest BCUT2D eigenvalue weighted by Crippen LogP contribution is -2.06. The maximum absolute atomic E-state index is 5.72. The molecule has 106 heavy (non-hydrogen) atoms. The third-order valence-electron chi connectivity index (χ3n) is 22.9. The number of thiazole rings is 4. The highest BCUT2D eigenvalue weighted by atomic mass is 32.1. The number of nitrogens with zero attached hydrogens (tertiary/aromatic N) is 4. The highest BCUT2D eigenvalue weighted by molar-refractivity contribution is 7.34. The minimum absolute atomic E-state index is 0.684. The van der Waals surface area contributed by atoms with Crippen LogP contribution in [0.2, 0.25) is 0 Å². The van der Waals surface area contributed by atoms with E-state index in [2.05, 4.69) is 79.7 Å². The van der Waals surface area contributed by atoms with Crippen molar-refractivity contribution in [2.24, 2.45) is 11.8 Å². The molecule has 12 heteroatoms. The lowest BCUT2D eigenvalue weighted by molar-refractivity contribution is 0.401.